The molecule has 3 unspecified atom stereocenters. The molecule has 58 heavy (non-hydrogen) atoms. The van der Waals surface area contributed by atoms with Gasteiger partial charge in [-0.2, -0.15) is 0 Å². The third kappa shape index (κ3) is 21.1. The van der Waals surface area contributed by atoms with E-state index in [9.17, 15) is 9.59 Å². The van der Waals surface area contributed by atoms with Gasteiger partial charge in [0.25, 0.3) is 0 Å². The summed E-state index contributed by atoms with van der Waals surface area (Å²) in [6.45, 7) is 15.0. The quantitative estimate of drug-likeness (QED) is 0.0735. The summed E-state index contributed by atoms with van der Waals surface area (Å²) in [5.74, 6) is -0.266. The summed E-state index contributed by atoms with van der Waals surface area (Å²) >= 11 is 0. The molecule has 6 atom stereocenters. The van der Waals surface area contributed by atoms with E-state index >= 15 is 0 Å². The van der Waals surface area contributed by atoms with E-state index in [0.29, 0.717) is 112 Å². The largest absolute Gasteiger partial charge is 0.508 e. The van der Waals surface area contributed by atoms with Gasteiger partial charge in [0, 0.05) is 18.6 Å². The summed E-state index contributed by atoms with van der Waals surface area (Å²) in [6.07, 6.45) is -2.91. The molecule has 0 radical (unpaired) electrons. The highest BCUT2D eigenvalue weighted by Gasteiger charge is 2.52. The Morgan fingerprint density at radius 2 is 1.07 bits per heavy atom. The zero-order valence-corrected chi connectivity index (χ0v) is 35.1. The average molecular weight is 833 g/mol. The minimum absolute atomic E-state index is 0.0166. The van der Waals surface area contributed by atoms with E-state index in [1.54, 1.807) is 13.8 Å². The van der Waals surface area contributed by atoms with Gasteiger partial charge in [-0.1, -0.05) is 58.0 Å². The lowest BCUT2D eigenvalue weighted by Crippen LogP contribution is -2.60. The van der Waals surface area contributed by atoms with E-state index in [-0.39, 0.29) is 49.8 Å². The van der Waals surface area contributed by atoms with E-state index in [2.05, 4.69) is 13.8 Å². The van der Waals surface area contributed by atoms with Crippen LogP contribution >= 0.6 is 0 Å². The van der Waals surface area contributed by atoms with E-state index in [4.69, 9.17) is 71.1 Å². The first-order valence-electron chi connectivity index (χ1n) is 20.4. The molecule has 334 valence electrons. The molecule has 2 saturated heterocycles. The van der Waals surface area contributed by atoms with Gasteiger partial charge < -0.3 is 71.1 Å². The third-order valence-electron chi connectivity index (χ3n) is 8.76. The van der Waals surface area contributed by atoms with Crippen molar-refractivity contribution in [2.45, 2.75) is 65.0 Å². The lowest BCUT2D eigenvalue weighted by atomic mass is 9.82. The van der Waals surface area contributed by atoms with Gasteiger partial charge in [-0.15, -0.1) is 0 Å². The normalized spacial score (nSPS) is 21.9. The van der Waals surface area contributed by atoms with Crippen LogP contribution in [-0.4, -0.2) is 169 Å². The minimum atomic E-state index is -0.827. The standard InChI is InChI=1S/C41H68O17/c1-31(2)29-34-36-35(30-55-39(57-36)33-9-7-6-8-10-33)56-40(44-5)37(34)58-41(43)54-28-26-52-24-22-50-20-18-48-16-14-46-12-11-45-13-15-47-17-19-49-21-23-51-25-27-53-38(42)32(3)4/h6-10,31-32,34-37,39-40H,11-30H2,1-5H3/t34-,35?,36-,37?,39?,40-/m0/s1. The Labute approximate surface area is 343 Å². The molecule has 2 aliphatic rings. The second kappa shape index (κ2) is 31.4. The summed E-state index contributed by atoms with van der Waals surface area (Å²) in [5, 5.41) is 0. The molecule has 3 rings (SSSR count). The number of rotatable bonds is 33. The van der Waals surface area contributed by atoms with Gasteiger partial charge in [-0.05, 0) is 12.3 Å². The van der Waals surface area contributed by atoms with Crippen molar-refractivity contribution in [2.24, 2.45) is 17.8 Å². The number of hydrogen-bond acceptors (Lipinski definition) is 17. The van der Waals surface area contributed by atoms with Crippen molar-refractivity contribution in [3.63, 3.8) is 0 Å². The Kier molecular flexibility index (Phi) is 27.0. The molecule has 0 saturated carbocycles. The summed E-state index contributed by atoms with van der Waals surface area (Å²) in [4.78, 5) is 24.1. The van der Waals surface area contributed by atoms with Crippen LogP contribution in [0.2, 0.25) is 0 Å². The maximum absolute atomic E-state index is 12.8. The molecule has 2 aliphatic heterocycles. The number of benzene rings is 1. The minimum Gasteiger partial charge on any atom is -0.463 e. The van der Waals surface area contributed by atoms with E-state index in [0.717, 1.165) is 12.0 Å². The molecule has 17 nitrogen and oxygen atoms in total. The van der Waals surface area contributed by atoms with Gasteiger partial charge in [-0.3, -0.25) is 4.79 Å². The molecular formula is C41H68O17. The summed E-state index contributed by atoms with van der Waals surface area (Å²) in [7, 11) is 1.52. The van der Waals surface area contributed by atoms with E-state index in [1.807, 2.05) is 30.3 Å². The van der Waals surface area contributed by atoms with E-state index in [1.165, 1.54) is 7.11 Å². The van der Waals surface area contributed by atoms with Crippen molar-refractivity contribution in [3.8, 4) is 0 Å². The van der Waals surface area contributed by atoms with E-state index < -0.39 is 24.8 Å². The fraction of sp³-hybridized carbons (Fsp3) is 0.805. The highest BCUT2D eigenvalue weighted by atomic mass is 16.8. The molecule has 17 heteroatoms. The first-order valence-corrected chi connectivity index (χ1v) is 20.4. The number of carbonyl (C=O) groups excluding carboxylic acids is 2. The van der Waals surface area contributed by atoms with Gasteiger partial charge >= 0.3 is 12.1 Å². The fourth-order valence-electron chi connectivity index (χ4n) is 5.95. The summed E-state index contributed by atoms with van der Waals surface area (Å²) in [5.41, 5.74) is 0.910. The molecule has 0 aromatic heterocycles. The highest BCUT2D eigenvalue weighted by Crippen LogP contribution is 2.40. The molecule has 1 aromatic rings. The Bertz CT molecular complexity index is 1170. The Morgan fingerprint density at radius 3 is 1.50 bits per heavy atom. The van der Waals surface area contributed by atoms with Crippen LogP contribution in [0.5, 0.6) is 0 Å². The predicted octanol–water partition coefficient (Wildman–Crippen LogP) is 3.99. The predicted molar refractivity (Wildman–Crippen MR) is 207 cm³/mol. The van der Waals surface area contributed by atoms with Gasteiger partial charge in [0.2, 0.25) is 0 Å². The molecular weight excluding hydrogens is 764 g/mol. The van der Waals surface area contributed by atoms with Gasteiger partial charge in [0.15, 0.2) is 18.7 Å². The monoisotopic (exact) mass is 832 g/mol. The SMILES string of the molecule is CO[C@H]1OC2COC(c3ccccc3)O[C@H]2[C@H](CC(C)C)C1OC(=O)OCCOCCOCCOCCOCCOCCOCCOCCOCCOC(=O)C(C)C. The molecule has 0 bridgehead atoms. The number of methoxy groups -OCH3 is 1. The van der Waals surface area contributed by atoms with Crippen LogP contribution in [0.1, 0.15) is 46.0 Å². The lowest BCUT2D eigenvalue weighted by Gasteiger charge is -2.49. The molecule has 2 heterocycles. The van der Waals surface area contributed by atoms with Crippen molar-refractivity contribution >= 4 is 12.1 Å². The van der Waals surface area contributed by atoms with Gasteiger partial charge in [0.1, 0.15) is 19.3 Å². The fourth-order valence-corrected chi connectivity index (χ4v) is 5.95. The van der Waals surface area contributed by atoms with Crippen LogP contribution in [0.25, 0.3) is 0 Å². The number of carbonyl (C=O) groups is 2. The number of fused-ring (bicyclic) bond motifs is 1. The Morgan fingerprint density at radius 1 is 0.621 bits per heavy atom. The average Bonchev–Trinajstić information content (AvgIpc) is 3.22. The lowest BCUT2D eigenvalue weighted by molar-refractivity contribution is -0.351. The molecule has 1 aromatic carbocycles. The second-order valence-electron chi connectivity index (χ2n) is 14.2. The first kappa shape index (κ1) is 49.8. The number of hydrogen-bond donors (Lipinski definition) is 0. The van der Waals surface area contributed by atoms with Crippen molar-refractivity contribution in [1.82, 2.24) is 0 Å². The molecule has 0 aliphatic carbocycles. The Balaban J connectivity index is 1.09. The van der Waals surface area contributed by atoms with Crippen LogP contribution in [0.4, 0.5) is 4.79 Å². The van der Waals surface area contributed by atoms with Gasteiger partial charge in [-0.25, -0.2) is 4.79 Å². The van der Waals surface area contributed by atoms with Crippen LogP contribution < -0.4 is 0 Å². The van der Waals surface area contributed by atoms with Crippen molar-refractivity contribution in [2.75, 3.05) is 133 Å². The highest BCUT2D eigenvalue weighted by molar-refractivity contribution is 5.71. The van der Waals surface area contributed by atoms with Crippen molar-refractivity contribution < 1.29 is 80.6 Å². The number of ether oxygens (including phenoxy) is 15. The topological polar surface area (TPSA) is 173 Å². The van der Waals surface area contributed by atoms with Crippen LogP contribution in [0.3, 0.4) is 0 Å². The van der Waals surface area contributed by atoms with Crippen LogP contribution in [0.15, 0.2) is 30.3 Å². The maximum atomic E-state index is 12.8. The summed E-state index contributed by atoms with van der Waals surface area (Å²) < 4.78 is 84.1. The summed E-state index contributed by atoms with van der Waals surface area (Å²) in [6, 6.07) is 9.73. The van der Waals surface area contributed by atoms with Crippen LogP contribution in [0, 0.1) is 17.8 Å². The van der Waals surface area contributed by atoms with Crippen LogP contribution in [-0.2, 0) is 75.8 Å². The Hall–Kier alpha value is -2.52. The maximum Gasteiger partial charge on any atom is 0.508 e. The zero-order chi connectivity index (χ0) is 41.6. The molecule has 0 amide bonds. The van der Waals surface area contributed by atoms with Crippen molar-refractivity contribution in [3.05, 3.63) is 35.9 Å². The smallest absolute Gasteiger partial charge is 0.463 e. The molecule has 0 spiro atoms. The first-order chi connectivity index (χ1) is 28.3. The molecule has 2 fully saturated rings. The zero-order valence-electron chi connectivity index (χ0n) is 35.1. The van der Waals surface area contributed by atoms with Crippen molar-refractivity contribution in [1.29, 1.82) is 0 Å². The second-order valence-corrected chi connectivity index (χ2v) is 14.2. The van der Waals surface area contributed by atoms with Gasteiger partial charge in [0.05, 0.1) is 124 Å². The molecule has 0 N–H and O–H groups in total. The number of esters is 1. The third-order valence-corrected chi connectivity index (χ3v) is 8.76.